The van der Waals surface area contributed by atoms with Gasteiger partial charge >= 0.3 is 9.28 Å². The number of nitrogens with two attached hydrogens (primary N) is 1. The van der Waals surface area contributed by atoms with Gasteiger partial charge in [0.05, 0.1) is 0 Å². The molecule has 0 amide bonds. The van der Waals surface area contributed by atoms with E-state index in [0.717, 1.165) is 0 Å². The van der Waals surface area contributed by atoms with Crippen LogP contribution in [0.3, 0.4) is 0 Å². The molecule has 0 spiro atoms. The highest BCUT2D eigenvalue weighted by Gasteiger charge is 2.11. The first-order valence-electron chi connectivity index (χ1n) is 2.98. The summed E-state index contributed by atoms with van der Waals surface area (Å²) in [7, 11) is -1.87. The lowest BCUT2D eigenvalue weighted by molar-refractivity contribution is -0.219. The zero-order valence-electron chi connectivity index (χ0n) is 6.51. The van der Waals surface area contributed by atoms with Crippen LogP contribution in [0.2, 0.25) is 19.6 Å². The molecule has 0 aliphatic carbocycles. The van der Waals surface area contributed by atoms with Gasteiger partial charge in [0, 0.05) is 0 Å². The summed E-state index contributed by atoms with van der Waals surface area (Å²) in [5.74, 6) is 0. The molecule has 4 nitrogen and oxygen atoms in total. The van der Waals surface area contributed by atoms with Crippen LogP contribution in [-0.4, -0.2) is 25.1 Å². The molecule has 0 aromatic rings. The Morgan fingerprint density at radius 3 is 2.30 bits per heavy atom. The molecule has 2 radical (unpaired) electrons. The fourth-order valence-corrected chi connectivity index (χ4v) is 3.09. The zero-order chi connectivity index (χ0) is 7.98. The third kappa shape index (κ3) is 6.39. The average Bonchev–Trinajstić information content (AvgIpc) is 1.82. The fourth-order valence-electron chi connectivity index (χ4n) is 0.421. The van der Waals surface area contributed by atoms with Crippen molar-refractivity contribution < 1.29 is 13.6 Å². The second-order valence-electron chi connectivity index (χ2n) is 1.87. The van der Waals surface area contributed by atoms with E-state index in [1.807, 2.05) is 19.6 Å². The molecule has 0 fully saturated rings. The first-order chi connectivity index (χ1) is 4.66. The maximum Gasteiger partial charge on any atom is 0.408 e. The Hall–Kier alpha value is 0.274. The van der Waals surface area contributed by atoms with E-state index >= 15 is 0 Å². The van der Waals surface area contributed by atoms with Crippen molar-refractivity contribution in [3.8, 4) is 0 Å². The molecule has 0 heterocycles. The number of hydrogen-bond donors (Lipinski definition) is 1. The van der Waals surface area contributed by atoms with Crippen LogP contribution in [0.4, 0.5) is 0 Å². The molecule has 0 atom stereocenters. The smallest absolute Gasteiger partial charge is 0.408 e. The Morgan fingerprint density at radius 2 is 1.90 bits per heavy atom. The van der Waals surface area contributed by atoms with Crippen molar-refractivity contribution in [2.75, 3.05) is 6.73 Å². The fraction of sp³-hybridized carbons (Fsp3) is 1.00. The van der Waals surface area contributed by atoms with Crippen LogP contribution >= 0.6 is 0 Å². The van der Waals surface area contributed by atoms with Crippen LogP contribution in [0.5, 0.6) is 0 Å². The molecule has 0 saturated heterocycles. The van der Waals surface area contributed by atoms with Crippen molar-refractivity contribution in [2.45, 2.75) is 19.6 Å². The lowest BCUT2D eigenvalue weighted by Gasteiger charge is -2.10. The van der Waals surface area contributed by atoms with Gasteiger partial charge < -0.3 is 9.85 Å². The predicted octanol–water partition coefficient (Wildman–Crippen LogP) is 0.236. The minimum atomic E-state index is -1.21. The summed E-state index contributed by atoms with van der Waals surface area (Å²) < 4.78 is 10.1. The van der Waals surface area contributed by atoms with Crippen molar-refractivity contribution in [2.24, 2.45) is 5.73 Å². The Labute approximate surface area is 64.8 Å². The largest absolute Gasteiger partial charge is 0.434 e. The molecule has 0 bridgehead atoms. The summed E-state index contributed by atoms with van der Waals surface area (Å²) in [4.78, 5) is 4.51. The summed E-state index contributed by atoms with van der Waals surface area (Å²) >= 11 is 0. The molecular formula is C4H13NO3Si2. The summed E-state index contributed by atoms with van der Waals surface area (Å²) in [5, 5.41) is 0. The van der Waals surface area contributed by atoms with Crippen molar-refractivity contribution >= 4 is 18.3 Å². The van der Waals surface area contributed by atoms with Gasteiger partial charge in [-0.05, 0) is 19.6 Å². The van der Waals surface area contributed by atoms with Crippen LogP contribution in [0, 0.1) is 0 Å². The Kier molecular flexibility index (Phi) is 6.18. The Balaban J connectivity index is 3.16. The summed E-state index contributed by atoms with van der Waals surface area (Å²) in [6.45, 7) is 6.05. The lowest BCUT2D eigenvalue weighted by atomic mass is 11.4. The van der Waals surface area contributed by atoms with Gasteiger partial charge in [-0.3, -0.25) is 0 Å². The van der Waals surface area contributed by atoms with Gasteiger partial charge in [0.2, 0.25) is 0 Å². The molecule has 0 saturated carbocycles. The molecule has 6 heteroatoms. The summed E-state index contributed by atoms with van der Waals surface area (Å²) in [6, 6.07) is 0. The van der Waals surface area contributed by atoms with Crippen molar-refractivity contribution in [1.82, 2.24) is 0 Å². The molecule has 60 valence electrons. The van der Waals surface area contributed by atoms with Crippen LogP contribution in [0.1, 0.15) is 0 Å². The molecule has 0 rings (SSSR count). The maximum absolute atomic E-state index is 5.35. The van der Waals surface area contributed by atoms with E-state index in [-0.39, 0.29) is 6.73 Å². The molecule has 0 aromatic carbocycles. The second-order valence-corrected chi connectivity index (χ2v) is 5.65. The standard InChI is InChI=1S/C4H13NO3Si2/c1-9(2)8-10(3)7-6-4-5/h4-5H2,1-3H3. The average molecular weight is 179 g/mol. The van der Waals surface area contributed by atoms with Crippen LogP contribution in [0.25, 0.3) is 0 Å². The van der Waals surface area contributed by atoms with Crippen molar-refractivity contribution in [3.05, 3.63) is 0 Å². The van der Waals surface area contributed by atoms with Crippen LogP contribution in [0.15, 0.2) is 0 Å². The van der Waals surface area contributed by atoms with Gasteiger partial charge in [-0.2, -0.15) is 0 Å². The highest BCUT2D eigenvalue weighted by molar-refractivity contribution is 6.60. The first-order valence-corrected chi connectivity index (χ1v) is 7.20. The second kappa shape index (κ2) is 6.01. The van der Waals surface area contributed by atoms with Crippen molar-refractivity contribution in [3.63, 3.8) is 0 Å². The third-order valence-corrected chi connectivity index (χ3v) is 3.73. The maximum atomic E-state index is 5.35. The summed E-state index contributed by atoms with van der Waals surface area (Å²) in [6.07, 6.45) is 0. The normalized spacial score (nSPS) is 11.4. The van der Waals surface area contributed by atoms with E-state index in [0.29, 0.717) is 0 Å². The molecule has 0 unspecified atom stereocenters. The van der Waals surface area contributed by atoms with E-state index in [9.17, 15) is 0 Å². The van der Waals surface area contributed by atoms with Gasteiger partial charge in [0.15, 0.2) is 9.04 Å². The number of rotatable bonds is 5. The van der Waals surface area contributed by atoms with Crippen LogP contribution < -0.4 is 5.73 Å². The number of hydrogen-bond acceptors (Lipinski definition) is 4. The molecule has 2 N–H and O–H groups in total. The topological polar surface area (TPSA) is 53.7 Å². The Morgan fingerprint density at radius 1 is 1.30 bits per heavy atom. The zero-order valence-corrected chi connectivity index (χ0v) is 8.51. The van der Waals surface area contributed by atoms with E-state index in [1.165, 1.54) is 0 Å². The lowest BCUT2D eigenvalue weighted by Crippen LogP contribution is -2.26. The monoisotopic (exact) mass is 179 g/mol. The SMILES string of the molecule is C[Si](C)O[Si](C)OOCN. The minimum Gasteiger partial charge on any atom is -0.434 e. The highest BCUT2D eigenvalue weighted by Crippen LogP contribution is 1.92. The third-order valence-electron chi connectivity index (χ3n) is 0.592. The van der Waals surface area contributed by atoms with E-state index in [1.54, 1.807) is 0 Å². The van der Waals surface area contributed by atoms with Crippen LogP contribution in [-0.2, 0) is 13.6 Å². The first kappa shape index (κ1) is 10.3. The van der Waals surface area contributed by atoms with Gasteiger partial charge in [0.1, 0.15) is 6.73 Å². The molecule has 0 aromatic heterocycles. The predicted molar refractivity (Wildman–Crippen MR) is 41.4 cm³/mol. The molecule has 10 heavy (non-hydrogen) atoms. The van der Waals surface area contributed by atoms with Gasteiger partial charge in [-0.1, -0.05) is 0 Å². The van der Waals surface area contributed by atoms with E-state index in [2.05, 4.69) is 4.89 Å². The quantitative estimate of drug-likeness (QED) is 0.284. The van der Waals surface area contributed by atoms with E-state index < -0.39 is 18.3 Å². The molecule has 0 aliphatic heterocycles. The van der Waals surface area contributed by atoms with E-state index in [4.69, 9.17) is 14.4 Å². The Bertz CT molecular complexity index is 82.9. The van der Waals surface area contributed by atoms with Crippen molar-refractivity contribution in [1.29, 1.82) is 0 Å². The summed E-state index contributed by atoms with van der Waals surface area (Å²) in [5.41, 5.74) is 5.03. The highest BCUT2D eigenvalue weighted by atomic mass is 28.4. The minimum absolute atomic E-state index is 0.0842. The van der Waals surface area contributed by atoms with Gasteiger partial charge in [-0.15, -0.1) is 0 Å². The van der Waals surface area contributed by atoms with Gasteiger partial charge in [-0.25, -0.2) is 9.46 Å². The molecular weight excluding hydrogens is 166 g/mol. The van der Waals surface area contributed by atoms with Gasteiger partial charge in [0.25, 0.3) is 0 Å². The molecule has 0 aliphatic rings.